The molecule has 342 valence electrons. The molecule has 0 saturated heterocycles. The highest BCUT2D eigenvalue weighted by atomic mass is 32.1. The van der Waals surface area contributed by atoms with Gasteiger partial charge in [-0.25, -0.2) is 0 Å². The average Bonchev–Trinajstić information content (AvgIpc) is 4.18. The molecule has 2 nitrogen and oxygen atoms in total. The Morgan fingerprint density at radius 1 is 0.153 bits per heavy atom. The summed E-state index contributed by atoms with van der Waals surface area (Å²) in [6.07, 6.45) is 0. The van der Waals surface area contributed by atoms with E-state index in [1.165, 1.54) is 64.0 Å². The number of benzene rings is 10. The molecule has 0 radical (unpaired) electrons. The molecule has 0 saturated carbocycles. The first-order chi connectivity index (χ1) is 35.7. The van der Waals surface area contributed by atoms with Crippen molar-refractivity contribution in [2.75, 3.05) is 9.80 Å². The van der Waals surface area contributed by atoms with Crippen molar-refractivity contribution >= 4 is 56.8 Å². The monoisotopic (exact) mass is 956 g/mol. The largest absolute Gasteiger partial charge is 0.311 e. The Morgan fingerprint density at radius 3 is 0.583 bits per heavy atom. The van der Waals surface area contributed by atoms with Crippen LogP contribution in [0.15, 0.2) is 291 Å². The fraction of sp³-hybridized carbons (Fsp3) is 0. The van der Waals surface area contributed by atoms with E-state index >= 15 is 0 Å². The van der Waals surface area contributed by atoms with Crippen LogP contribution in [0, 0.1) is 0 Å². The van der Waals surface area contributed by atoms with Gasteiger partial charge in [0.2, 0.25) is 0 Å². The van der Waals surface area contributed by atoms with Gasteiger partial charge in [-0.1, -0.05) is 194 Å². The third kappa shape index (κ3) is 9.45. The predicted molar refractivity (Wildman–Crippen MR) is 310 cm³/mol. The Bertz CT molecular complexity index is 3410. The van der Waals surface area contributed by atoms with Gasteiger partial charge < -0.3 is 9.80 Å². The van der Waals surface area contributed by atoms with Crippen molar-refractivity contribution < 1.29 is 0 Å². The first kappa shape index (κ1) is 44.4. The normalized spacial score (nSPS) is 11.1. The molecule has 10 aromatic carbocycles. The zero-order chi connectivity index (χ0) is 48.1. The van der Waals surface area contributed by atoms with Crippen molar-refractivity contribution in [1.29, 1.82) is 0 Å². The van der Waals surface area contributed by atoms with Crippen molar-refractivity contribution in [1.82, 2.24) is 0 Å². The Labute approximate surface area is 430 Å². The van der Waals surface area contributed by atoms with Crippen LogP contribution < -0.4 is 9.80 Å². The molecule has 12 aromatic rings. The van der Waals surface area contributed by atoms with Gasteiger partial charge in [0.1, 0.15) is 0 Å². The van der Waals surface area contributed by atoms with Gasteiger partial charge in [-0.3, -0.25) is 0 Å². The molecule has 0 unspecified atom stereocenters. The number of para-hydroxylation sites is 2. The number of hydrogen-bond donors (Lipinski definition) is 0. The van der Waals surface area contributed by atoms with Gasteiger partial charge in [-0.05, 0) is 153 Å². The van der Waals surface area contributed by atoms with Gasteiger partial charge in [-0.15, -0.1) is 22.7 Å². The minimum Gasteiger partial charge on any atom is -0.311 e. The standard InChI is InChI=1S/C68H48N2S2/c1-5-13-55(14-6-1)65-45-47-67(71-65)57-25-21-49(22-26-57)51-29-37-61(38-30-51)69(59-17-9-3-10-18-59)63-41-33-53(34-42-63)54-35-43-64(44-36-54)70(60-19-11-4-12-20-60)62-39-31-52(32-40-62)50-23-27-58(28-24-50)68-48-46-66(72-68)56-15-7-2-8-16-56/h1-48H. The SMILES string of the molecule is c1ccc(-c2ccc(-c3ccc(-c4ccc(N(c5ccccc5)c5ccc(-c6ccc(N(c7ccccc7)c7ccc(-c8ccc(-c9ccc(-c%10ccccc%10)s9)cc8)cc7)cc6)cc5)cc4)cc3)s2)cc1. The molecule has 4 heteroatoms. The summed E-state index contributed by atoms with van der Waals surface area (Å²) in [7, 11) is 0. The zero-order valence-electron chi connectivity index (χ0n) is 39.4. The second-order valence-corrected chi connectivity index (χ2v) is 19.9. The van der Waals surface area contributed by atoms with E-state index in [9.17, 15) is 0 Å². The van der Waals surface area contributed by atoms with E-state index in [1.54, 1.807) is 0 Å². The highest BCUT2D eigenvalue weighted by Gasteiger charge is 2.16. The lowest BCUT2D eigenvalue weighted by atomic mass is 10.0. The molecule has 0 fully saturated rings. The molecule has 2 heterocycles. The molecule has 0 aliphatic rings. The molecular weight excluding hydrogens is 909 g/mol. The van der Waals surface area contributed by atoms with E-state index in [-0.39, 0.29) is 0 Å². The van der Waals surface area contributed by atoms with Crippen molar-refractivity contribution in [3.63, 3.8) is 0 Å². The smallest absolute Gasteiger partial charge is 0.0462 e. The Balaban J connectivity index is 0.756. The number of hydrogen-bond acceptors (Lipinski definition) is 4. The molecule has 12 rings (SSSR count). The molecule has 0 spiro atoms. The third-order valence-electron chi connectivity index (χ3n) is 13.2. The summed E-state index contributed by atoms with van der Waals surface area (Å²) in [5.41, 5.74) is 18.7. The second-order valence-electron chi connectivity index (χ2n) is 17.7. The van der Waals surface area contributed by atoms with Gasteiger partial charge in [-0.2, -0.15) is 0 Å². The van der Waals surface area contributed by atoms with Crippen LogP contribution in [-0.2, 0) is 0 Å². The van der Waals surface area contributed by atoms with Crippen LogP contribution in [0.4, 0.5) is 34.1 Å². The van der Waals surface area contributed by atoms with Crippen LogP contribution >= 0.6 is 22.7 Å². The predicted octanol–water partition coefficient (Wildman–Crippen LogP) is 20.4. The Kier molecular flexibility index (Phi) is 12.5. The maximum atomic E-state index is 2.32. The number of nitrogens with zero attached hydrogens (tertiary/aromatic N) is 2. The van der Waals surface area contributed by atoms with E-state index in [4.69, 9.17) is 0 Å². The van der Waals surface area contributed by atoms with Gasteiger partial charge in [0.15, 0.2) is 0 Å². The summed E-state index contributed by atoms with van der Waals surface area (Å²) in [6.45, 7) is 0. The quantitative estimate of drug-likeness (QED) is 0.114. The van der Waals surface area contributed by atoms with E-state index in [0.717, 1.165) is 45.3 Å². The maximum absolute atomic E-state index is 2.32. The van der Waals surface area contributed by atoms with Crippen molar-refractivity contribution in [3.05, 3.63) is 291 Å². The van der Waals surface area contributed by atoms with Crippen LogP contribution in [-0.4, -0.2) is 0 Å². The molecule has 0 amide bonds. The lowest BCUT2D eigenvalue weighted by Gasteiger charge is -2.26. The fourth-order valence-corrected chi connectivity index (χ4v) is 11.4. The summed E-state index contributed by atoms with van der Waals surface area (Å²) in [5, 5.41) is 0. The van der Waals surface area contributed by atoms with Gasteiger partial charge >= 0.3 is 0 Å². The maximum Gasteiger partial charge on any atom is 0.0462 e. The Morgan fingerprint density at radius 2 is 0.333 bits per heavy atom. The summed E-state index contributed by atoms with van der Waals surface area (Å²) in [5.74, 6) is 0. The number of anilines is 6. The number of thiophene rings is 2. The summed E-state index contributed by atoms with van der Waals surface area (Å²) < 4.78 is 0. The minimum atomic E-state index is 1.10. The first-order valence-electron chi connectivity index (χ1n) is 24.3. The molecule has 0 atom stereocenters. The highest BCUT2D eigenvalue weighted by molar-refractivity contribution is 7.19. The van der Waals surface area contributed by atoms with E-state index in [1.807, 2.05) is 22.7 Å². The third-order valence-corrected chi connectivity index (χ3v) is 15.6. The lowest BCUT2D eigenvalue weighted by Crippen LogP contribution is -2.10. The van der Waals surface area contributed by atoms with Gasteiger partial charge in [0.05, 0.1) is 0 Å². The van der Waals surface area contributed by atoms with Crippen molar-refractivity contribution in [2.45, 2.75) is 0 Å². The van der Waals surface area contributed by atoms with Crippen LogP contribution in [0.3, 0.4) is 0 Å². The second kappa shape index (κ2) is 20.3. The zero-order valence-corrected chi connectivity index (χ0v) is 41.1. The van der Waals surface area contributed by atoms with Crippen molar-refractivity contribution in [2.24, 2.45) is 0 Å². The number of rotatable bonds is 13. The Hall–Kier alpha value is -8.80. The molecule has 72 heavy (non-hydrogen) atoms. The van der Waals surface area contributed by atoms with E-state index < -0.39 is 0 Å². The lowest BCUT2D eigenvalue weighted by molar-refractivity contribution is 1.28. The molecule has 0 bridgehead atoms. The molecular formula is C68H48N2S2. The minimum absolute atomic E-state index is 1.10. The fourth-order valence-electron chi connectivity index (χ4n) is 9.42. The highest BCUT2D eigenvalue weighted by Crippen LogP contribution is 2.41. The molecule has 0 aliphatic carbocycles. The summed E-state index contributed by atoms with van der Waals surface area (Å²) >= 11 is 3.67. The summed E-state index contributed by atoms with van der Waals surface area (Å²) in [4.78, 5) is 9.77. The first-order valence-corrected chi connectivity index (χ1v) is 25.9. The molecule has 0 aliphatic heterocycles. The molecule has 2 aromatic heterocycles. The van der Waals surface area contributed by atoms with Gasteiger partial charge in [0, 0.05) is 53.6 Å². The van der Waals surface area contributed by atoms with Crippen LogP contribution in [0.2, 0.25) is 0 Å². The van der Waals surface area contributed by atoms with Crippen molar-refractivity contribution in [3.8, 4) is 75.1 Å². The van der Waals surface area contributed by atoms with Gasteiger partial charge in [0.25, 0.3) is 0 Å². The topological polar surface area (TPSA) is 6.48 Å². The average molecular weight is 957 g/mol. The van der Waals surface area contributed by atoms with E-state index in [0.29, 0.717) is 0 Å². The van der Waals surface area contributed by atoms with Crippen LogP contribution in [0.5, 0.6) is 0 Å². The molecule has 0 N–H and O–H groups in total. The van der Waals surface area contributed by atoms with Crippen LogP contribution in [0.1, 0.15) is 0 Å². The van der Waals surface area contributed by atoms with Crippen LogP contribution in [0.25, 0.3) is 75.1 Å². The van der Waals surface area contributed by atoms with E-state index in [2.05, 4.69) is 301 Å². The summed E-state index contributed by atoms with van der Waals surface area (Å²) in [6, 6.07) is 105.